The number of hydrogen-bond acceptors (Lipinski definition) is 5. The number of nitrogens with zero attached hydrogens (tertiary/aromatic N) is 3. The van der Waals surface area contributed by atoms with Crippen molar-refractivity contribution in [2.24, 2.45) is 11.3 Å². The summed E-state index contributed by atoms with van der Waals surface area (Å²) in [6, 6.07) is 0. The van der Waals surface area contributed by atoms with E-state index in [1.165, 1.54) is 0 Å². The zero-order chi connectivity index (χ0) is 13.0. The van der Waals surface area contributed by atoms with Gasteiger partial charge in [-0.3, -0.25) is 0 Å². The van der Waals surface area contributed by atoms with Gasteiger partial charge >= 0.3 is 0 Å². The first-order valence-electron chi connectivity index (χ1n) is 6.28. The van der Waals surface area contributed by atoms with Crippen molar-refractivity contribution in [1.29, 1.82) is 0 Å². The summed E-state index contributed by atoms with van der Waals surface area (Å²) >= 11 is 1.80. The third-order valence-electron chi connectivity index (χ3n) is 3.03. The van der Waals surface area contributed by atoms with Crippen LogP contribution in [0.25, 0.3) is 0 Å². The lowest BCUT2D eigenvalue weighted by Gasteiger charge is -2.39. The fourth-order valence-corrected chi connectivity index (χ4v) is 3.07. The molecule has 1 saturated heterocycles. The molecule has 0 aromatic carbocycles. The van der Waals surface area contributed by atoms with E-state index in [1.54, 1.807) is 18.1 Å². The maximum absolute atomic E-state index is 9.34. The number of rotatable bonds is 7. The van der Waals surface area contributed by atoms with Crippen molar-refractivity contribution in [3.8, 4) is 0 Å². The number of ether oxygens (including phenoxy) is 1. The zero-order valence-corrected chi connectivity index (χ0v) is 11.8. The van der Waals surface area contributed by atoms with Gasteiger partial charge in [-0.05, 0) is 5.92 Å². The van der Waals surface area contributed by atoms with Gasteiger partial charge in [-0.2, -0.15) is 16.9 Å². The lowest BCUT2D eigenvalue weighted by molar-refractivity contribution is -0.121. The zero-order valence-electron chi connectivity index (χ0n) is 11.0. The summed E-state index contributed by atoms with van der Waals surface area (Å²) in [4.78, 5) is 4.30. The molecule has 1 aromatic heterocycles. The van der Waals surface area contributed by atoms with Crippen LogP contribution in [0.2, 0.25) is 0 Å². The molecule has 2 heterocycles. The summed E-state index contributed by atoms with van der Waals surface area (Å²) in [5.41, 5.74) is -0.0203. The van der Waals surface area contributed by atoms with E-state index < -0.39 is 0 Å². The largest absolute Gasteiger partial charge is 0.396 e. The molecule has 0 unspecified atom stereocenters. The van der Waals surface area contributed by atoms with Crippen molar-refractivity contribution in [3.05, 3.63) is 12.2 Å². The Morgan fingerprint density at radius 1 is 1.56 bits per heavy atom. The Morgan fingerprint density at radius 3 is 2.89 bits per heavy atom. The third kappa shape index (κ3) is 3.24. The summed E-state index contributed by atoms with van der Waals surface area (Å²) < 4.78 is 7.16. The second kappa shape index (κ2) is 6.04. The summed E-state index contributed by atoms with van der Waals surface area (Å²) in [5, 5.41) is 13.6. The lowest BCUT2D eigenvalue weighted by Crippen LogP contribution is -2.47. The summed E-state index contributed by atoms with van der Waals surface area (Å²) in [7, 11) is 0. The second-order valence-corrected chi connectivity index (χ2v) is 6.38. The molecule has 0 radical (unpaired) electrons. The van der Waals surface area contributed by atoms with Gasteiger partial charge in [0.25, 0.3) is 0 Å². The Morgan fingerprint density at radius 2 is 2.33 bits per heavy atom. The predicted molar refractivity (Wildman–Crippen MR) is 71.4 cm³/mol. The van der Waals surface area contributed by atoms with E-state index >= 15 is 0 Å². The number of aliphatic hydroxyl groups excluding tert-OH is 1. The SMILES string of the molecule is CC(C)Cn1ncnc1CSCC1(CO)COC1. The minimum atomic E-state index is -0.0203. The van der Waals surface area contributed by atoms with E-state index in [-0.39, 0.29) is 12.0 Å². The molecular weight excluding hydrogens is 250 g/mol. The molecule has 0 atom stereocenters. The number of thioether (sulfide) groups is 1. The molecule has 102 valence electrons. The molecule has 6 heteroatoms. The summed E-state index contributed by atoms with van der Waals surface area (Å²) in [6.07, 6.45) is 1.62. The van der Waals surface area contributed by atoms with Gasteiger partial charge in [0.2, 0.25) is 0 Å². The Balaban J connectivity index is 1.81. The molecule has 1 fully saturated rings. The molecule has 1 aliphatic rings. The average Bonchev–Trinajstić information content (AvgIpc) is 2.69. The van der Waals surface area contributed by atoms with Crippen molar-refractivity contribution in [2.45, 2.75) is 26.1 Å². The Bertz CT molecular complexity index is 372. The van der Waals surface area contributed by atoms with Crippen LogP contribution in [-0.2, 0) is 17.0 Å². The molecule has 0 spiro atoms. The molecule has 0 amide bonds. The standard InChI is InChI=1S/C12H21N3O2S/c1-10(2)3-15-11(13-9-14-15)4-18-8-12(5-16)6-17-7-12/h9-10,16H,3-8H2,1-2H3. The number of aliphatic hydroxyl groups is 1. The minimum absolute atomic E-state index is 0.0203. The highest BCUT2D eigenvalue weighted by Crippen LogP contribution is 2.31. The molecular formula is C12H21N3O2S. The van der Waals surface area contributed by atoms with Crippen LogP contribution >= 0.6 is 11.8 Å². The van der Waals surface area contributed by atoms with Crippen molar-refractivity contribution in [3.63, 3.8) is 0 Å². The van der Waals surface area contributed by atoms with Crippen molar-refractivity contribution < 1.29 is 9.84 Å². The van der Waals surface area contributed by atoms with Gasteiger partial charge in [0.1, 0.15) is 12.2 Å². The first-order valence-corrected chi connectivity index (χ1v) is 7.44. The smallest absolute Gasteiger partial charge is 0.138 e. The lowest BCUT2D eigenvalue weighted by atomic mass is 9.90. The first-order chi connectivity index (χ1) is 8.65. The van der Waals surface area contributed by atoms with Crippen LogP contribution in [0.1, 0.15) is 19.7 Å². The highest BCUT2D eigenvalue weighted by molar-refractivity contribution is 7.98. The maximum atomic E-state index is 9.34. The van der Waals surface area contributed by atoms with Crippen LogP contribution in [0.15, 0.2) is 6.33 Å². The molecule has 1 aliphatic heterocycles. The number of aromatic nitrogens is 3. The maximum Gasteiger partial charge on any atom is 0.138 e. The molecule has 1 aromatic rings. The fourth-order valence-electron chi connectivity index (χ4n) is 1.87. The van der Waals surface area contributed by atoms with Crippen LogP contribution in [0.3, 0.4) is 0 Å². The highest BCUT2D eigenvalue weighted by Gasteiger charge is 2.37. The number of hydrogen-bond donors (Lipinski definition) is 1. The molecule has 0 bridgehead atoms. The van der Waals surface area contributed by atoms with E-state index in [4.69, 9.17) is 4.74 Å². The van der Waals surface area contributed by atoms with Crippen LogP contribution in [0, 0.1) is 11.3 Å². The Labute approximate surface area is 112 Å². The van der Waals surface area contributed by atoms with Crippen LogP contribution in [-0.4, -0.2) is 45.4 Å². The monoisotopic (exact) mass is 271 g/mol. The molecule has 0 saturated carbocycles. The molecule has 5 nitrogen and oxygen atoms in total. The van der Waals surface area contributed by atoms with E-state index in [2.05, 4.69) is 23.9 Å². The Hall–Kier alpha value is -0.590. The molecule has 0 aliphatic carbocycles. The quantitative estimate of drug-likeness (QED) is 0.807. The van der Waals surface area contributed by atoms with Crippen molar-refractivity contribution in [1.82, 2.24) is 14.8 Å². The second-order valence-electron chi connectivity index (χ2n) is 5.40. The van der Waals surface area contributed by atoms with Gasteiger partial charge in [-0.25, -0.2) is 9.67 Å². The van der Waals surface area contributed by atoms with Gasteiger partial charge in [0.15, 0.2) is 0 Å². The van der Waals surface area contributed by atoms with E-state index in [0.717, 1.165) is 23.9 Å². The minimum Gasteiger partial charge on any atom is -0.396 e. The van der Waals surface area contributed by atoms with Crippen molar-refractivity contribution >= 4 is 11.8 Å². The molecule has 2 rings (SSSR count). The van der Waals surface area contributed by atoms with Gasteiger partial charge in [0, 0.05) is 17.7 Å². The van der Waals surface area contributed by atoms with Gasteiger partial charge in [0.05, 0.1) is 25.6 Å². The van der Waals surface area contributed by atoms with Crippen LogP contribution in [0.5, 0.6) is 0 Å². The average molecular weight is 271 g/mol. The van der Waals surface area contributed by atoms with Crippen LogP contribution < -0.4 is 0 Å². The van der Waals surface area contributed by atoms with Crippen LogP contribution in [0.4, 0.5) is 0 Å². The molecule has 1 N–H and O–H groups in total. The van der Waals surface area contributed by atoms with Crippen molar-refractivity contribution in [2.75, 3.05) is 25.6 Å². The van der Waals surface area contributed by atoms with E-state index in [9.17, 15) is 5.11 Å². The third-order valence-corrected chi connectivity index (χ3v) is 4.30. The summed E-state index contributed by atoms with van der Waals surface area (Å²) in [5.74, 6) is 3.34. The van der Waals surface area contributed by atoms with Gasteiger partial charge in [-0.15, -0.1) is 0 Å². The van der Waals surface area contributed by atoms with Gasteiger partial charge < -0.3 is 9.84 Å². The topological polar surface area (TPSA) is 60.2 Å². The highest BCUT2D eigenvalue weighted by atomic mass is 32.2. The van der Waals surface area contributed by atoms with Gasteiger partial charge in [-0.1, -0.05) is 13.8 Å². The Kier molecular flexibility index (Phi) is 4.64. The summed E-state index contributed by atoms with van der Waals surface area (Å²) in [6.45, 7) is 6.81. The van der Waals surface area contributed by atoms with E-state index in [1.807, 2.05) is 4.68 Å². The first kappa shape index (κ1) is 13.8. The molecule has 18 heavy (non-hydrogen) atoms. The fraction of sp³-hybridized carbons (Fsp3) is 0.833. The normalized spacial score (nSPS) is 18.0. The predicted octanol–water partition coefficient (Wildman–Crippen LogP) is 1.18. The van der Waals surface area contributed by atoms with E-state index in [0.29, 0.717) is 19.1 Å².